The number of rotatable bonds is 6. The van der Waals surface area contributed by atoms with E-state index in [1.54, 1.807) is 6.33 Å². The number of para-hydroxylation sites is 1. The van der Waals surface area contributed by atoms with Crippen LogP contribution in [-0.2, 0) is 6.42 Å². The molecule has 4 aromatic rings. The second-order valence-electron chi connectivity index (χ2n) is 6.35. The largest absolute Gasteiger partial charge is 0.369 e. The maximum Gasteiger partial charge on any atom is 0.261 e. The highest BCUT2D eigenvalue weighted by atomic mass is 32.1. The third-order valence-electron chi connectivity index (χ3n) is 4.63. The Kier molecular flexibility index (Phi) is 4.77. The van der Waals surface area contributed by atoms with Crippen molar-refractivity contribution < 1.29 is 4.79 Å². The van der Waals surface area contributed by atoms with E-state index in [1.807, 2.05) is 19.9 Å². The molecule has 4 rings (SSSR count). The molecule has 0 saturated heterocycles. The molecule has 0 atom stereocenters. The van der Waals surface area contributed by atoms with Crippen molar-refractivity contribution in [1.29, 1.82) is 0 Å². The number of aromatic nitrogens is 3. The van der Waals surface area contributed by atoms with E-state index in [2.05, 4.69) is 50.0 Å². The third-order valence-corrected chi connectivity index (χ3v) is 5.83. The first-order chi connectivity index (χ1) is 13.2. The molecule has 7 heteroatoms. The number of hydrogen-bond acceptors (Lipinski definition) is 5. The molecule has 0 fully saturated rings. The number of aromatic amines is 1. The van der Waals surface area contributed by atoms with Crippen LogP contribution < -0.4 is 10.6 Å². The number of carbonyl (C=O) groups excluding carboxylic acids is 1. The highest BCUT2D eigenvalue weighted by Gasteiger charge is 2.18. The van der Waals surface area contributed by atoms with Crippen molar-refractivity contribution in [3.8, 4) is 0 Å². The quantitative estimate of drug-likeness (QED) is 0.475. The van der Waals surface area contributed by atoms with Gasteiger partial charge < -0.3 is 15.6 Å². The molecule has 138 valence electrons. The van der Waals surface area contributed by atoms with Crippen molar-refractivity contribution in [1.82, 2.24) is 20.3 Å². The number of H-pyrrole nitrogens is 1. The summed E-state index contributed by atoms with van der Waals surface area (Å²) in [7, 11) is 0. The molecule has 0 radical (unpaired) electrons. The molecule has 0 bridgehead atoms. The lowest BCUT2D eigenvalue weighted by Gasteiger charge is -2.07. The molecule has 3 N–H and O–H groups in total. The highest BCUT2D eigenvalue weighted by Crippen LogP contribution is 2.33. The van der Waals surface area contributed by atoms with Crippen molar-refractivity contribution in [3.63, 3.8) is 0 Å². The molecule has 3 heterocycles. The Balaban J connectivity index is 1.56. The van der Waals surface area contributed by atoms with Crippen LogP contribution in [0.25, 0.3) is 21.1 Å². The van der Waals surface area contributed by atoms with Crippen LogP contribution >= 0.6 is 11.3 Å². The summed E-state index contributed by atoms with van der Waals surface area (Å²) in [5.41, 5.74) is 3.35. The number of carbonyl (C=O) groups is 1. The van der Waals surface area contributed by atoms with Crippen LogP contribution in [0.1, 0.15) is 27.7 Å². The van der Waals surface area contributed by atoms with E-state index in [-0.39, 0.29) is 5.91 Å². The lowest BCUT2D eigenvalue weighted by molar-refractivity contribution is 0.0959. The van der Waals surface area contributed by atoms with E-state index in [0.29, 0.717) is 11.4 Å². The molecule has 1 amide bonds. The molecule has 0 aliphatic carbocycles. The summed E-state index contributed by atoms with van der Waals surface area (Å²) in [6.45, 7) is 5.23. The fourth-order valence-electron chi connectivity index (χ4n) is 3.32. The SMILES string of the molecule is CCNC(=O)c1sc2ncnc(NCCc3c[nH]c4ccccc34)c2c1C. The van der Waals surface area contributed by atoms with Gasteiger partial charge in [0.25, 0.3) is 5.91 Å². The molecule has 0 unspecified atom stereocenters. The first-order valence-corrected chi connectivity index (χ1v) is 9.81. The lowest BCUT2D eigenvalue weighted by Crippen LogP contribution is -2.22. The number of benzene rings is 1. The number of aryl methyl sites for hydroxylation is 1. The van der Waals surface area contributed by atoms with Crippen LogP contribution in [0.2, 0.25) is 0 Å². The number of nitrogens with one attached hydrogen (secondary N) is 3. The first kappa shape index (κ1) is 17.5. The molecular formula is C20H21N5OS. The fourth-order valence-corrected chi connectivity index (χ4v) is 4.38. The van der Waals surface area contributed by atoms with Gasteiger partial charge in [0, 0.05) is 30.2 Å². The van der Waals surface area contributed by atoms with Gasteiger partial charge in [0.2, 0.25) is 0 Å². The van der Waals surface area contributed by atoms with Gasteiger partial charge in [0.15, 0.2) is 0 Å². The molecule has 6 nitrogen and oxygen atoms in total. The van der Waals surface area contributed by atoms with Gasteiger partial charge in [0.1, 0.15) is 17.0 Å². The average molecular weight is 379 g/mol. The van der Waals surface area contributed by atoms with Gasteiger partial charge in [-0.15, -0.1) is 11.3 Å². The molecule has 27 heavy (non-hydrogen) atoms. The standard InChI is InChI=1S/C20H21N5OS/c1-3-21-19(26)17-12(2)16-18(24-11-25-20(16)27-17)22-9-8-13-10-23-15-7-5-4-6-14(13)15/h4-7,10-11,23H,3,8-9H2,1-2H3,(H,21,26)(H,22,24,25). The Morgan fingerprint density at radius 2 is 2.11 bits per heavy atom. The van der Waals surface area contributed by atoms with Gasteiger partial charge in [0.05, 0.1) is 10.3 Å². The summed E-state index contributed by atoms with van der Waals surface area (Å²) in [4.78, 5) is 25.9. The van der Waals surface area contributed by atoms with E-state index in [9.17, 15) is 4.79 Å². The Hall–Kier alpha value is -2.93. The summed E-state index contributed by atoms with van der Waals surface area (Å²) in [6.07, 6.45) is 4.49. The van der Waals surface area contributed by atoms with Crippen LogP contribution in [0.3, 0.4) is 0 Å². The minimum atomic E-state index is -0.0530. The molecular weight excluding hydrogens is 358 g/mol. The second-order valence-corrected chi connectivity index (χ2v) is 7.35. The smallest absolute Gasteiger partial charge is 0.261 e. The monoisotopic (exact) mass is 379 g/mol. The zero-order valence-electron chi connectivity index (χ0n) is 15.3. The predicted octanol–water partition coefficient (Wildman–Crippen LogP) is 3.89. The van der Waals surface area contributed by atoms with E-state index in [4.69, 9.17) is 0 Å². The Labute approximate surface area is 161 Å². The number of amides is 1. The Bertz CT molecular complexity index is 1110. The first-order valence-electron chi connectivity index (χ1n) is 9.00. The van der Waals surface area contributed by atoms with Gasteiger partial charge in [-0.25, -0.2) is 9.97 Å². The molecule has 0 aliphatic rings. The van der Waals surface area contributed by atoms with Gasteiger partial charge in [-0.3, -0.25) is 4.79 Å². The normalized spacial score (nSPS) is 11.2. The second kappa shape index (κ2) is 7.36. The maximum atomic E-state index is 12.3. The van der Waals surface area contributed by atoms with Gasteiger partial charge in [-0.05, 0) is 37.5 Å². The zero-order chi connectivity index (χ0) is 18.8. The molecule has 3 aromatic heterocycles. The number of nitrogens with zero attached hydrogens (tertiary/aromatic N) is 2. The Morgan fingerprint density at radius 3 is 2.96 bits per heavy atom. The molecule has 0 saturated carbocycles. The minimum Gasteiger partial charge on any atom is -0.369 e. The van der Waals surface area contributed by atoms with E-state index in [1.165, 1.54) is 22.3 Å². The van der Waals surface area contributed by atoms with E-state index < -0.39 is 0 Å². The fraction of sp³-hybridized carbons (Fsp3) is 0.250. The summed E-state index contributed by atoms with van der Waals surface area (Å²) in [5.74, 6) is 0.729. The summed E-state index contributed by atoms with van der Waals surface area (Å²) >= 11 is 1.41. The van der Waals surface area contributed by atoms with Crippen LogP contribution in [0, 0.1) is 6.92 Å². The van der Waals surface area contributed by atoms with Crippen molar-refractivity contribution >= 4 is 44.2 Å². The van der Waals surface area contributed by atoms with Crippen LogP contribution in [0.5, 0.6) is 0 Å². The van der Waals surface area contributed by atoms with Crippen molar-refractivity contribution in [2.24, 2.45) is 0 Å². The Morgan fingerprint density at radius 1 is 1.26 bits per heavy atom. The van der Waals surface area contributed by atoms with Crippen LogP contribution in [0.4, 0.5) is 5.82 Å². The van der Waals surface area contributed by atoms with Crippen molar-refractivity contribution in [2.75, 3.05) is 18.4 Å². The highest BCUT2D eigenvalue weighted by molar-refractivity contribution is 7.20. The molecule has 1 aromatic carbocycles. The number of thiophene rings is 1. The molecule has 0 aliphatic heterocycles. The van der Waals surface area contributed by atoms with Crippen LogP contribution in [-0.4, -0.2) is 33.9 Å². The van der Waals surface area contributed by atoms with E-state index >= 15 is 0 Å². The summed E-state index contributed by atoms with van der Waals surface area (Å²) < 4.78 is 0. The van der Waals surface area contributed by atoms with Gasteiger partial charge >= 0.3 is 0 Å². The van der Waals surface area contributed by atoms with Crippen molar-refractivity contribution in [3.05, 3.63) is 52.8 Å². The van der Waals surface area contributed by atoms with Crippen LogP contribution in [0.15, 0.2) is 36.8 Å². The van der Waals surface area contributed by atoms with E-state index in [0.717, 1.165) is 40.1 Å². The predicted molar refractivity (Wildman–Crippen MR) is 111 cm³/mol. The zero-order valence-corrected chi connectivity index (χ0v) is 16.1. The van der Waals surface area contributed by atoms with Gasteiger partial charge in [-0.2, -0.15) is 0 Å². The maximum absolute atomic E-state index is 12.3. The summed E-state index contributed by atoms with van der Waals surface area (Å²) in [6, 6.07) is 8.30. The number of fused-ring (bicyclic) bond motifs is 2. The lowest BCUT2D eigenvalue weighted by atomic mass is 10.1. The van der Waals surface area contributed by atoms with Crippen molar-refractivity contribution in [2.45, 2.75) is 20.3 Å². The van der Waals surface area contributed by atoms with Gasteiger partial charge in [-0.1, -0.05) is 18.2 Å². The summed E-state index contributed by atoms with van der Waals surface area (Å²) in [5, 5.41) is 8.47. The average Bonchev–Trinajstić information content (AvgIpc) is 3.24. The minimum absolute atomic E-state index is 0.0530. The molecule has 0 spiro atoms. The topological polar surface area (TPSA) is 82.7 Å². The third kappa shape index (κ3) is 3.26. The number of anilines is 1. The number of hydrogen-bond donors (Lipinski definition) is 3.